The molecule has 3 aromatic carbocycles. The van der Waals surface area contributed by atoms with Gasteiger partial charge in [-0.05, 0) is 66.3 Å². The van der Waals surface area contributed by atoms with Gasteiger partial charge in [0.25, 0.3) is 5.69 Å². The molecule has 0 N–H and O–H groups in total. The molecule has 0 saturated carbocycles. The van der Waals surface area contributed by atoms with Crippen LogP contribution in [0.5, 0.6) is 0 Å². The second-order valence-electron chi connectivity index (χ2n) is 11.0. The summed E-state index contributed by atoms with van der Waals surface area (Å²) in [5.41, 5.74) is 3.22. The number of non-ortho nitro benzene ring substituents is 1. The maximum absolute atomic E-state index is 13.2. The fourth-order valence-corrected chi connectivity index (χ4v) is 5.09. The highest BCUT2D eigenvalue weighted by Gasteiger charge is 2.21. The molecule has 1 unspecified atom stereocenters. The second kappa shape index (κ2) is 9.73. The van der Waals surface area contributed by atoms with Crippen molar-refractivity contribution in [1.29, 1.82) is 0 Å². The minimum absolute atomic E-state index is 0.0175. The molecule has 0 saturated heterocycles. The molecule has 0 spiro atoms. The number of hydrogen-bond donors (Lipinski definition) is 0. The Morgan fingerprint density at radius 1 is 0.892 bits per heavy atom. The predicted molar refractivity (Wildman–Crippen MR) is 145 cm³/mol. The lowest BCUT2D eigenvalue weighted by Crippen LogP contribution is -2.14. The Labute approximate surface area is 215 Å². The summed E-state index contributed by atoms with van der Waals surface area (Å²) < 4.78 is 1.94. The molecule has 7 heteroatoms. The number of nitrogens with zero attached hydrogens (tertiary/aromatic N) is 2. The molecular weight excluding hydrogens is 468 g/mol. The molecule has 0 radical (unpaired) electrons. The van der Waals surface area contributed by atoms with Gasteiger partial charge in [-0.3, -0.25) is 24.5 Å². The zero-order chi connectivity index (χ0) is 27.1. The van der Waals surface area contributed by atoms with Crippen LogP contribution in [-0.2, 0) is 4.79 Å². The van der Waals surface area contributed by atoms with Gasteiger partial charge in [0.15, 0.2) is 11.6 Å². The first-order chi connectivity index (χ1) is 17.4. The fraction of sp³-hybridized carbons (Fsp3) is 0.300. The third-order valence-electron chi connectivity index (χ3n) is 6.48. The summed E-state index contributed by atoms with van der Waals surface area (Å²) in [5, 5.41) is 12.6. The highest BCUT2D eigenvalue weighted by molar-refractivity contribution is 6.43. The van der Waals surface area contributed by atoms with E-state index in [2.05, 4.69) is 27.7 Å². The Morgan fingerprint density at radius 2 is 1.43 bits per heavy atom. The molecule has 1 aromatic heterocycles. The van der Waals surface area contributed by atoms with E-state index in [0.717, 1.165) is 28.2 Å². The van der Waals surface area contributed by atoms with E-state index in [1.165, 1.54) is 19.1 Å². The number of hydrogen-bond acceptors (Lipinski definition) is 5. The van der Waals surface area contributed by atoms with Crippen LogP contribution in [0.15, 0.2) is 60.7 Å². The summed E-state index contributed by atoms with van der Waals surface area (Å²) >= 11 is 0. The van der Waals surface area contributed by atoms with E-state index in [4.69, 9.17) is 0 Å². The van der Waals surface area contributed by atoms with Gasteiger partial charge >= 0.3 is 0 Å². The molecule has 0 amide bonds. The normalized spacial score (nSPS) is 12.6. The molecule has 37 heavy (non-hydrogen) atoms. The molecule has 0 aliphatic rings. The van der Waals surface area contributed by atoms with E-state index in [0.29, 0.717) is 17.7 Å². The maximum Gasteiger partial charge on any atom is 0.269 e. The van der Waals surface area contributed by atoms with Crippen molar-refractivity contribution in [2.24, 2.45) is 11.3 Å². The van der Waals surface area contributed by atoms with Crippen molar-refractivity contribution >= 4 is 44.8 Å². The van der Waals surface area contributed by atoms with Gasteiger partial charge in [0.1, 0.15) is 0 Å². The van der Waals surface area contributed by atoms with Crippen molar-refractivity contribution in [3.63, 3.8) is 0 Å². The number of carbonyl (C=O) groups excluding carboxylic acids is 3. The molecule has 4 aromatic rings. The Hall–Kier alpha value is -4.13. The minimum Gasteiger partial charge on any atom is -0.309 e. The van der Waals surface area contributed by atoms with Gasteiger partial charge in [-0.2, -0.15) is 0 Å². The van der Waals surface area contributed by atoms with Crippen LogP contribution in [0.25, 0.3) is 27.5 Å². The predicted octanol–water partition coefficient (Wildman–Crippen LogP) is 7.11. The second-order valence-corrected chi connectivity index (χ2v) is 11.0. The van der Waals surface area contributed by atoms with Crippen molar-refractivity contribution in [2.75, 3.05) is 0 Å². The van der Waals surface area contributed by atoms with Crippen molar-refractivity contribution in [3.05, 3.63) is 81.9 Å². The van der Waals surface area contributed by atoms with Crippen LogP contribution >= 0.6 is 0 Å². The Balaban J connectivity index is 1.87. The summed E-state index contributed by atoms with van der Waals surface area (Å²) in [4.78, 5) is 48.1. The van der Waals surface area contributed by atoms with Crippen molar-refractivity contribution in [3.8, 4) is 5.69 Å². The van der Waals surface area contributed by atoms with Gasteiger partial charge in [0.2, 0.25) is 5.78 Å². The smallest absolute Gasteiger partial charge is 0.269 e. The van der Waals surface area contributed by atoms with Gasteiger partial charge in [0, 0.05) is 53.1 Å². The quantitative estimate of drug-likeness (QED) is 0.112. The van der Waals surface area contributed by atoms with E-state index >= 15 is 0 Å². The molecule has 1 atom stereocenters. The number of carbonyl (C=O) groups is 3. The molecule has 4 rings (SSSR count). The van der Waals surface area contributed by atoms with Crippen LogP contribution in [0.3, 0.4) is 0 Å². The molecule has 0 fully saturated rings. The monoisotopic (exact) mass is 498 g/mol. The number of Topliss-reactive ketones (excluding diaryl/α,β-unsaturated/α-hetero) is 3. The summed E-state index contributed by atoms with van der Waals surface area (Å²) in [6.45, 7) is 9.80. The Bertz CT molecular complexity index is 1560. The van der Waals surface area contributed by atoms with Crippen LogP contribution in [0.4, 0.5) is 5.69 Å². The van der Waals surface area contributed by atoms with Crippen LogP contribution < -0.4 is 0 Å². The molecule has 1 heterocycles. The van der Waals surface area contributed by atoms with E-state index in [9.17, 15) is 24.5 Å². The first-order valence-corrected chi connectivity index (χ1v) is 12.3. The summed E-state index contributed by atoms with van der Waals surface area (Å²) in [5.74, 6) is -0.862. The highest BCUT2D eigenvalue weighted by atomic mass is 16.6. The number of nitro groups is 1. The largest absolute Gasteiger partial charge is 0.309 e. The lowest BCUT2D eigenvalue weighted by atomic mass is 9.83. The number of aromatic nitrogens is 1. The molecule has 0 aliphatic carbocycles. The van der Waals surface area contributed by atoms with Crippen molar-refractivity contribution in [1.82, 2.24) is 4.57 Å². The minimum atomic E-state index is -0.582. The van der Waals surface area contributed by atoms with Gasteiger partial charge < -0.3 is 4.57 Å². The zero-order valence-electron chi connectivity index (χ0n) is 21.7. The topological polar surface area (TPSA) is 99.3 Å². The Kier molecular flexibility index (Phi) is 6.82. The first kappa shape index (κ1) is 25.9. The number of ketones is 3. The van der Waals surface area contributed by atoms with Gasteiger partial charge in [0.05, 0.1) is 16.0 Å². The first-order valence-electron chi connectivity index (χ1n) is 12.3. The highest BCUT2D eigenvalue weighted by Crippen LogP contribution is 2.35. The third-order valence-corrected chi connectivity index (χ3v) is 6.48. The summed E-state index contributed by atoms with van der Waals surface area (Å²) in [6, 6.07) is 16.8. The maximum atomic E-state index is 13.2. The average Bonchev–Trinajstić information content (AvgIpc) is 3.15. The number of benzene rings is 3. The lowest BCUT2D eigenvalue weighted by molar-refractivity contribution is -0.384. The molecular formula is C30H30N2O5. The number of rotatable bonds is 8. The molecule has 0 aliphatic heterocycles. The standard InChI is InChI=1S/C30H30N2O5/c1-18(17-30(3,4)5)14-28(34)20-6-12-26-24(15-20)25-16-21(29(35)19(2)33)7-13-27(25)31(26)22-8-10-23(11-9-22)32(36)37/h6-13,15-16,18H,14,17H2,1-5H3. The fourth-order valence-electron chi connectivity index (χ4n) is 5.09. The number of nitro benzene ring substituents is 1. The summed E-state index contributed by atoms with van der Waals surface area (Å²) in [6.07, 6.45) is 1.36. The lowest BCUT2D eigenvalue weighted by Gasteiger charge is -2.22. The van der Waals surface area contributed by atoms with E-state index in [-0.39, 0.29) is 28.4 Å². The van der Waals surface area contributed by atoms with Crippen LogP contribution in [-0.4, -0.2) is 26.8 Å². The Morgan fingerprint density at radius 3 is 1.95 bits per heavy atom. The number of fused-ring (bicyclic) bond motifs is 3. The van der Waals surface area contributed by atoms with E-state index in [1.54, 1.807) is 36.4 Å². The average molecular weight is 499 g/mol. The zero-order valence-corrected chi connectivity index (χ0v) is 21.7. The van der Waals surface area contributed by atoms with Crippen LogP contribution in [0.2, 0.25) is 0 Å². The van der Waals surface area contributed by atoms with Crippen LogP contribution in [0.1, 0.15) is 68.2 Å². The SMILES string of the molecule is CC(=O)C(=O)c1ccc2c(c1)c1cc(C(=O)CC(C)CC(C)(C)C)ccc1n2-c1ccc([N+](=O)[O-])cc1. The van der Waals surface area contributed by atoms with E-state index in [1.807, 2.05) is 16.7 Å². The van der Waals surface area contributed by atoms with Crippen LogP contribution in [0, 0.1) is 21.4 Å². The van der Waals surface area contributed by atoms with Crippen molar-refractivity contribution < 1.29 is 19.3 Å². The van der Waals surface area contributed by atoms with Gasteiger partial charge in [-0.25, -0.2) is 0 Å². The van der Waals surface area contributed by atoms with Gasteiger partial charge in [-0.1, -0.05) is 27.7 Å². The molecule has 190 valence electrons. The molecule has 7 nitrogen and oxygen atoms in total. The summed E-state index contributed by atoms with van der Waals surface area (Å²) in [7, 11) is 0. The molecule has 0 bridgehead atoms. The van der Waals surface area contributed by atoms with Gasteiger partial charge in [-0.15, -0.1) is 0 Å². The van der Waals surface area contributed by atoms with Crippen molar-refractivity contribution in [2.45, 2.75) is 47.5 Å². The van der Waals surface area contributed by atoms with E-state index < -0.39 is 16.5 Å². The third kappa shape index (κ3) is 5.35.